The number of nitrogens with zero attached hydrogens (tertiary/aromatic N) is 1. The van der Waals surface area contributed by atoms with Crippen molar-refractivity contribution in [1.82, 2.24) is 10.2 Å². The fraction of sp³-hybridized carbons (Fsp3) is 0.667. The van der Waals surface area contributed by atoms with E-state index in [1.54, 1.807) is 0 Å². The van der Waals surface area contributed by atoms with Crippen LogP contribution in [0.4, 0.5) is 0 Å². The molecule has 114 valence electrons. The normalized spacial score (nSPS) is 15.3. The van der Waals surface area contributed by atoms with Crippen molar-refractivity contribution in [3.63, 3.8) is 0 Å². The van der Waals surface area contributed by atoms with Gasteiger partial charge in [-0.05, 0) is 39.3 Å². The molecule has 0 aliphatic carbocycles. The van der Waals surface area contributed by atoms with Gasteiger partial charge < -0.3 is 5.32 Å². The molecule has 0 amide bonds. The Morgan fingerprint density at radius 2 is 1.75 bits per heavy atom. The minimum atomic E-state index is 0.157. The van der Waals surface area contributed by atoms with Crippen molar-refractivity contribution < 1.29 is 0 Å². The van der Waals surface area contributed by atoms with E-state index < -0.39 is 0 Å². The third-order valence-electron chi connectivity index (χ3n) is 3.84. The second kappa shape index (κ2) is 7.80. The van der Waals surface area contributed by atoms with Gasteiger partial charge in [0, 0.05) is 24.7 Å². The van der Waals surface area contributed by atoms with E-state index >= 15 is 0 Å². The van der Waals surface area contributed by atoms with Crippen LogP contribution in [0.1, 0.15) is 52.6 Å². The van der Waals surface area contributed by atoms with Gasteiger partial charge in [-0.1, -0.05) is 50.6 Å². The Morgan fingerprint density at radius 3 is 2.25 bits per heavy atom. The van der Waals surface area contributed by atoms with Crippen LogP contribution >= 0.6 is 0 Å². The molecular weight excluding hydrogens is 244 g/mol. The van der Waals surface area contributed by atoms with Crippen molar-refractivity contribution in [1.29, 1.82) is 0 Å². The van der Waals surface area contributed by atoms with Crippen molar-refractivity contribution in [3.8, 4) is 0 Å². The average molecular weight is 276 g/mol. The molecule has 0 saturated heterocycles. The van der Waals surface area contributed by atoms with Gasteiger partial charge in [0.2, 0.25) is 0 Å². The van der Waals surface area contributed by atoms with Crippen LogP contribution in [-0.4, -0.2) is 30.6 Å². The second-order valence-corrected chi connectivity index (χ2v) is 7.01. The third kappa shape index (κ3) is 6.06. The molecule has 1 rings (SSSR count). The molecule has 0 aliphatic rings. The average Bonchev–Trinajstić information content (AvgIpc) is 2.38. The highest BCUT2D eigenvalue weighted by molar-refractivity contribution is 5.19. The summed E-state index contributed by atoms with van der Waals surface area (Å²) in [4.78, 5) is 2.49. The van der Waals surface area contributed by atoms with Crippen molar-refractivity contribution in [3.05, 3.63) is 35.9 Å². The van der Waals surface area contributed by atoms with Gasteiger partial charge in [0.1, 0.15) is 0 Å². The summed E-state index contributed by atoms with van der Waals surface area (Å²) in [7, 11) is 2.24. The number of hydrogen-bond donors (Lipinski definition) is 1. The van der Waals surface area contributed by atoms with Gasteiger partial charge in [-0.25, -0.2) is 0 Å². The van der Waals surface area contributed by atoms with E-state index in [0.717, 1.165) is 19.0 Å². The molecule has 1 aromatic rings. The first-order valence-electron chi connectivity index (χ1n) is 7.83. The maximum Gasteiger partial charge on any atom is 0.0469 e. The lowest BCUT2D eigenvalue weighted by Crippen LogP contribution is -2.43. The number of nitrogens with one attached hydrogen (secondary N) is 1. The van der Waals surface area contributed by atoms with Crippen molar-refractivity contribution in [2.24, 2.45) is 5.92 Å². The summed E-state index contributed by atoms with van der Waals surface area (Å²) in [5.41, 5.74) is 1.56. The minimum Gasteiger partial charge on any atom is -0.310 e. The van der Waals surface area contributed by atoms with Crippen LogP contribution in [0.5, 0.6) is 0 Å². The van der Waals surface area contributed by atoms with Gasteiger partial charge in [-0.2, -0.15) is 0 Å². The van der Waals surface area contributed by atoms with Gasteiger partial charge in [0.15, 0.2) is 0 Å². The number of hydrogen-bond acceptors (Lipinski definition) is 2. The Hall–Kier alpha value is -0.860. The maximum atomic E-state index is 3.65. The summed E-state index contributed by atoms with van der Waals surface area (Å²) in [5, 5.41) is 3.65. The topological polar surface area (TPSA) is 15.3 Å². The largest absolute Gasteiger partial charge is 0.310 e. The Bertz CT molecular complexity index is 367. The van der Waals surface area contributed by atoms with Crippen molar-refractivity contribution >= 4 is 0 Å². The number of rotatable bonds is 7. The van der Waals surface area contributed by atoms with Crippen LogP contribution in [-0.2, 0) is 0 Å². The van der Waals surface area contributed by atoms with E-state index in [9.17, 15) is 0 Å². The Kier molecular flexibility index (Phi) is 6.70. The lowest BCUT2D eigenvalue weighted by atomic mass is 10.0. The van der Waals surface area contributed by atoms with Crippen molar-refractivity contribution in [2.45, 2.75) is 52.6 Å². The summed E-state index contributed by atoms with van der Waals surface area (Å²) in [6.45, 7) is 13.4. The summed E-state index contributed by atoms with van der Waals surface area (Å²) >= 11 is 0. The number of likely N-dealkylation sites (N-methyl/N-ethyl adjacent to an activating group) is 1. The Labute approximate surface area is 125 Å². The monoisotopic (exact) mass is 276 g/mol. The van der Waals surface area contributed by atoms with Gasteiger partial charge in [-0.15, -0.1) is 0 Å². The van der Waals surface area contributed by atoms with E-state index in [1.165, 1.54) is 12.0 Å². The summed E-state index contributed by atoms with van der Waals surface area (Å²) in [5.74, 6) is 0.737. The maximum absolute atomic E-state index is 3.65. The molecule has 0 fully saturated rings. The quantitative estimate of drug-likeness (QED) is 0.807. The van der Waals surface area contributed by atoms with Crippen LogP contribution in [0.2, 0.25) is 0 Å². The van der Waals surface area contributed by atoms with E-state index in [4.69, 9.17) is 0 Å². The molecule has 0 saturated carbocycles. The molecular formula is C18H32N2. The zero-order chi connectivity index (χ0) is 15.2. The highest BCUT2D eigenvalue weighted by atomic mass is 15.2. The second-order valence-electron chi connectivity index (χ2n) is 7.01. The molecule has 2 atom stereocenters. The molecule has 2 unspecified atom stereocenters. The van der Waals surface area contributed by atoms with E-state index in [2.05, 4.69) is 82.2 Å². The summed E-state index contributed by atoms with van der Waals surface area (Å²) < 4.78 is 0. The van der Waals surface area contributed by atoms with Crippen LogP contribution in [0.25, 0.3) is 0 Å². The van der Waals surface area contributed by atoms with Crippen LogP contribution < -0.4 is 5.32 Å². The molecule has 1 aromatic carbocycles. The zero-order valence-electron chi connectivity index (χ0n) is 14.1. The summed E-state index contributed by atoms with van der Waals surface area (Å²) in [6.07, 6.45) is 1.23. The first-order valence-corrected chi connectivity index (χ1v) is 7.83. The van der Waals surface area contributed by atoms with Gasteiger partial charge in [-0.3, -0.25) is 4.90 Å². The summed E-state index contributed by atoms with van der Waals surface area (Å²) in [6, 6.07) is 11.3. The predicted octanol–water partition coefficient (Wildman–Crippen LogP) is 4.09. The molecule has 0 spiro atoms. The molecule has 0 bridgehead atoms. The minimum absolute atomic E-state index is 0.157. The Balaban J connectivity index is 2.79. The van der Waals surface area contributed by atoms with E-state index in [1.807, 2.05) is 0 Å². The van der Waals surface area contributed by atoms with Crippen LogP contribution in [0, 0.1) is 5.92 Å². The van der Waals surface area contributed by atoms with Crippen molar-refractivity contribution in [2.75, 3.05) is 20.1 Å². The molecule has 0 radical (unpaired) electrons. The molecule has 20 heavy (non-hydrogen) atoms. The molecule has 0 heterocycles. The lowest BCUT2D eigenvalue weighted by molar-refractivity contribution is 0.196. The van der Waals surface area contributed by atoms with E-state index in [-0.39, 0.29) is 5.54 Å². The first kappa shape index (κ1) is 17.2. The highest BCUT2D eigenvalue weighted by Crippen LogP contribution is 2.21. The highest BCUT2D eigenvalue weighted by Gasteiger charge is 2.20. The number of benzene rings is 1. The lowest BCUT2D eigenvalue weighted by Gasteiger charge is -2.33. The Morgan fingerprint density at radius 1 is 1.15 bits per heavy atom. The van der Waals surface area contributed by atoms with Gasteiger partial charge in [0.25, 0.3) is 0 Å². The predicted molar refractivity (Wildman–Crippen MR) is 89.0 cm³/mol. The molecule has 2 heteroatoms. The van der Waals surface area contributed by atoms with Crippen LogP contribution in [0.3, 0.4) is 0 Å². The van der Waals surface area contributed by atoms with Crippen LogP contribution in [0.15, 0.2) is 30.3 Å². The van der Waals surface area contributed by atoms with Gasteiger partial charge >= 0.3 is 0 Å². The fourth-order valence-corrected chi connectivity index (χ4v) is 2.35. The zero-order valence-corrected chi connectivity index (χ0v) is 14.1. The third-order valence-corrected chi connectivity index (χ3v) is 3.84. The van der Waals surface area contributed by atoms with E-state index in [0.29, 0.717) is 6.04 Å². The molecule has 1 N–H and O–H groups in total. The first-order chi connectivity index (χ1) is 9.33. The molecule has 2 nitrogen and oxygen atoms in total. The fourth-order valence-electron chi connectivity index (χ4n) is 2.35. The molecule has 0 aliphatic heterocycles. The standard InChI is InChI=1S/C18H32N2/c1-7-15(2)14-20(6)17(13-19-18(3,4)5)16-11-9-8-10-12-16/h8-12,15,17,19H,7,13-14H2,1-6H3. The smallest absolute Gasteiger partial charge is 0.0469 e. The molecule has 0 aromatic heterocycles. The van der Waals surface area contributed by atoms with Gasteiger partial charge in [0.05, 0.1) is 0 Å². The SMILES string of the molecule is CCC(C)CN(C)C(CNC(C)(C)C)c1ccccc1.